The number of fused-ring (bicyclic) bond motifs is 2. The van der Waals surface area contributed by atoms with E-state index in [1.807, 2.05) is 30.3 Å². The lowest BCUT2D eigenvalue weighted by Crippen LogP contribution is -2.11. The van der Waals surface area contributed by atoms with Crippen LogP contribution in [0.15, 0.2) is 49.0 Å². The van der Waals surface area contributed by atoms with Crippen LogP contribution < -0.4 is 0 Å². The molecular weight excluding hydrogens is 280 g/mol. The van der Waals surface area contributed by atoms with Crippen LogP contribution in [0.5, 0.6) is 0 Å². The standard InChI is InChI=1S/C18H12O4/c1-2-10-7-13-8-11-5-3-4-6-12(11)9-14(13)16(18(21)22)15(10)17(19)20/h2-9H,1H2,(H,19,20)(H,21,22). The van der Waals surface area contributed by atoms with E-state index in [0.29, 0.717) is 16.3 Å². The number of carboxylic acid groups (broad SMARTS) is 2. The van der Waals surface area contributed by atoms with Crippen LogP contribution in [0.2, 0.25) is 0 Å². The van der Waals surface area contributed by atoms with Gasteiger partial charge in [0.1, 0.15) is 0 Å². The summed E-state index contributed by atoms with van der Waals surface area (Å²) >= 11 is 0. The summed E-state index contributed by atoms with van der Waals surface area (Å²) in [4.78, 5) is 23.1. The zero-order chi connectivity index (χ0) is 15.9. The van der Waals surface area contributed by atoms with Crippen LogP contribution in [-0.2, 0) is 0 Å². The van der Waals surface area contributed by atoms with Crippen LogP contribution >= 0.6 is 0 Å². The average Bonchev–Trinajstić information content (AvgIpc) is 2.50. The van der Waals surface area contributed by atoms with Crippen LogP contribution in [0, 0.1) is 0 Å². The summed E-state index contributed by atoms with van der Waals surface area (Å²) in [5.41, 5.74) is -0.136. The Kier molecular flexibility index (Phi) is 3.14. The molecule has 108 valence electrons. The Bertz CT molecular complexity index is 954. The maximum absolute atomic E-state index is 11.6. The number of rotatable bonds is 3. The minimum Gasteiger partial charge on any atom is -0.478 e. The topological polar surface area (TPSA) is 74.6 Å². The SMILES string of the molecule is C=Cc1cc2cc3ccccc3cc2c(C(=O)O)c1C(=O)O. The van der Waals surface area contributed by atoms with E-state index >= 15 is 0 Å². The lowest BCUT2D eigenvalue weighted by atomic mass is 9.92. The third kappa shape index (κ3) is 2.02. The van der Waals surface area contributed by atoms with E-state index in [-0.39, 0.29) is 11.1 Å². The van der Waals surface area contributed by atoms with Crippen molar-refractivity contribution in [3.8, 4) is 0 Å². The van der Waals surface area contributed by atoms with E-state index in [2.05, 4.69) is 6.58 Å². The van der Waals surface area contributed by atoms with Crippen molar-refractivity contribution in [2.45, 2.75) is 0 Å². The molecule has 0 heterocycles. The highest BCUT2D eigenvalue weighted by Gasteiger charge is 2.22. The van der Waals surface area contributed by atoms with Crippen LogP contribution in [0.4, 0.5) is 0 Å². The van der Waals surface area contributed by atoms with Gasteiger partial charge in [0.25, 0.3) is 0 Å². The molecule has 3 aromatic carbocycles. The number of benzene rings is 3. The van der Waals surface area contributed by atoms with Crippen molar-refractivity contribution >= 4 is 39.6 Å². The van der Waals surface area contributed by atoms with E-state index in [9.17, 15) is 19.8 Å². The van der Waals surface area contributed by atoms with Crippen LogP contribution in [0.3, 0.4) is 0 Å². The fraction of sp³-hybridized carbons (Fsp3) is 0. The molecule has 3 aromatic rings. The molecule has 4 heteroatoms. The molecule has 0 aliphatic rings. The Labute approximate surface area is 125 Å². The number of hydrogen-bond donors (Lipinski definition) is 2. The number of hydrogen-bond acceptors (Lipinski definition) is 2. The van der Waals surface area contributed by atoms with Crippen molar-refractivity contribution in [3.63, 3.8) is 0 Å². The van der Waals surface area contributed by atoms with Crippen molar-refractivity contribution in [1.82, 2.24) is 0 Å². The molecular formula is C18H12O4. The fourth-order valence-corrected chi connectivity index (χ4v) is 2.73. The van der Waals surface area contributed by atoms with Gasteiger partial charge in [-0.1, -0.05) is 36.9 Å². The Hall–Kier alpha value is -3.14. The fourth-order valence-electron chi connectivity index (χ4n) is 2.73. The molecule has 0 bridgehead atoms. The van der Waals surface area contributed by atoms with Gasteiger partial charge in [-0.15, -0.1) is 0 Å². The Morgan fingerprint density at radius 3 is 2.00 bits per heavy atom. The second-order valence-electron chi connectivity index (χ2n) is 4.95. The molecule has 0 aliphatic heterocycles. The molecule has 0 aromatic heterocycles. The van der Waals surface area contributed by atoms with Gasteiger partial charge in [0, 0.05) is 0 Å². The van der Waals surface area contributed by atoms with E-state index < -0.39 is 11.9 Å². The molecule has 0 radical (unpaired) electrons. The predicted molar refractivity (Wildman–Crippen MR) is 85.5 cm³/mol. The van der Waals surface area contributed by atoms with Crippen LogP contribution in [-0.4, -0.2) is 22.2 Å². The molecule has 2 N–H and O–H groups in total. The Balaban J connectivity index is 2.57. The van der Waals surface area contributed by atoms with Gasteiger partial charge < -0.3 is 10.2 Å². The summed E-state index contributed by atoms with van der Waals surface area (Å²) in [5.74, 6) is -2.54. The van der Waals surface area contributed by atoms with Crippen molar-refractivity contribution in [3.05, 3.63) is 65.7 Å². The van der Waals surface area contributed by atoms with Gasteiger partial charge in [0.2, 0.25) is 0 Å². The summed E-state index contributed by atoms with van der Waals surface area (Å²) in [7, 11) is 0. The molecule has 0 aliphatic carbocycles. The van der Waals surface area contributed by atoms with Crippen molar-refractivity contribution in [2.75, 3.05) is 0 Å². The summed E-state index contributed by atoms with van der Waals surface area (Å²) in [6.45, 7) is 3.59. The highest BCUT2D eigenvalue weighted by atomic mass is 16.4. The molecule has 0 spiro atoms. The first-order chi connectivity index (χ1) is 10.5. The van der Waals surface area contributed by atoms with Gasteiger partial charge in [-0.05, 0) is 45.3 Å². The molecule has 3 rings (SSSR count). The van der Waals surface area contributed by atoms with Gasteiger partial charge in [0.15, 0.2) is 0 Å². The zero-order valence-electron chi connectivity index (χ0n) is 11.5. The van der Waals surface area contributed by atoms with Crippen LogP contribution in [0.1, 0.15) is 26.3 Å². The van der Waals surface area contributed by atoms with Gasteiger partial charge in [-0.2, -0.15) is 0 Å². The second kappa shape index (κ2) is 5.00. The second-order valence-corrected chi connectivity index (χ2v) is 4.95. The van der Waals surface area contributed by atoms with Crippen molar-refractivity contribution in [1.29, 1.82) is 0 Å². The summed E-state index contributed by atoms with van der Waals surface area (Å²) in [5, 5.41) is 21.8. The maximum atomic E-state index is 11.6. The molecule has 0 saturated heterocycles. The van der Waals surface area contributed by atoms with Crippen molar-refractivity contribution < 1.29 is 19.8 Å². The van der Waals surface area contributed by atoms with Crippen molar-refractivity contribution in [2.24, 2.45) is 0 Å². The number of carboxylic acids is 2. The van der Waals surface area contributed by atoms with E-state index in [4.69, 9.17) is 0 Å². The highest BCUT2D eigenvalue weighted by Crippen LogP contribution is 2.31. The minimum absolute atomic E-state index is 0.203. The van der Waals surface area contributed by atoms with Gasteiger partial charge in [0.05, 0.1) is 11.1 Å². The Morgan fingerprint density at radius 2 is 1.45 bits per heavy atom. The molecule has 4 nitrogen and oxygen atoms in total. The van der Waals surface area contributed by atoms with Crippen LogP contribution in [0.25, 0.3) is 27.6 Å². The first kappa shape index (κ1) is 13.8. The summed E-state index contributed by atoms with van der Waals surface area (Å²) < 4.78 is 0. The monoisotopic (exact) mass is 292 g/mol. The average molecular weight is 292 g/mol. The third-order valence-electron chi connectivity index (χ3n) is 3.68. The summed E-state index contributed by atoms with van der Waals surface area (Å²) in [6.07, 6.45) is 1.37. The smallest absolute Gasteiger partial charge is 0.337 e. The normalized spacial score (nSPS) is 10.7. The number of carbonyl (C=O) groups is 2. The maximum Gasteiger partial charge on any atom is 0.337 e. The Morgan fingerprint density at radius 1 is 0.864 bits per heavy atom. The predicted octanol–water partition coefficient (Wildman–Crippen LogP) is 4.03. The molecule has 0 atom stereocenters. The van der Waals surface area contributed by atoms with E-state index in [1.54, 1.807) is 12.1 Å². The van der Waals surface area contributed by atoms with E-state index in [0.717, 1.165) is 10.8 Å². The summed E-state index contributed by atoms with van der Waals surface area (Å²) in [6, 6.07) is 12.8. The van der Waals surface area contributed by atoms with Gasteiger partial charge in [-0.25, -0.2) is 9.59 Å². The molecule has 0 unspecified atom stereocenters. The third-order valence-corrected chi connectivity index (χ3v) is 3.68. The van der Waals surface area contributed by atoms with Gasteiger partial charge in [-0.3, -0.25) is 0 Å². The zero-order valence-corrected chi connectivity index (χ0v) is 11.5. The number of aromatic carboxylic acids is 2. The van der Waals surface area contributed by atoms with E-state index in [1.165, 1.54) is 6.08 Å². The lowest BCUT2D eigenvalue weighted by Gasteiger charge is -2.11. The highest BCUT2D eigenvalue weighted by molar-refractivity contribution is 6.16. The first-order valence-corrected chi connectivity index (χ1v) is 6.61. The molecule has 0 fully saturated rings. The van der Waals surface area contributed by atoms with Gasteiger partial charge >= 0.3 is 11.9 Å². The molecule has 22 heavy (non-hydrogen) atoms. The largest absolute Gasteiger partial charge is 0.478 e. The lowest BCUT2D eigenvalue weighted by molar-refractivity contribution is 0.0653. The quantitative estimate of drug-likeness (QED) is 0.715. The minimum atomic E-state index is -1.28. The molecule has 0 amide bonds. The first-order valence-electron chi connectivity index (χ1n) is 6.61. The molecule has 0 saturated carbocycles.